The molecule has 0 N–H and O–H groups in total. The maximum atomic E-state index is 13.6. The van der Waals surface area contributed by atoms with Crippen LogP contribution in [0.5, 0.6) is 11.5 Å². The summed E-state index contributed by atoms with van der Waals surface area (Å²) < 4.78 is 25.4. The van der Waals surface area contributed by atoms with E-state index in [4.69, 9.17) is 9.47 Å². The van der Waals surface area contributed by atoms with E-state index in [0.29, 0.717) is 12.5 Å². The first-order valence-electron chi connectivity index (χ1n) is 6.76. The summed E-state index contributed by atoms with van der Waals surface area (Å²) in [5, 5.41) is 0. The summed E-state index contributed by atoms with van der Waals surface area (Å²) in [7, 11) is 1.45. The van der Waals surface area contributed by atoms with Gasteiger partial charge in [-0.25, -0.2) is 4.39 Å². The van der Waals surface area contributed by atoms with Crippen molar-refractivity contribution in [3.63, 3.8) is 0 Å². The molecule has 2 rings (SSSR count). The van der Waals surface area contributed by atoms with Crippen molar-refractivity contribution in [1.82, 2.24) is 0 Å². The Balaban J connectivity index is 2.15. The van der Waals surface area contributed by atoms with Crippen molar-refractivity contribution in [3.8, 4) is 11.5 Å². The van der Waals surface area contributed by atoms with Crippen LogP contribution in [0.1, 0.15) is 30.9 Å². The summed E-state index contributed by atoms with van der Waals surface area (Å²) in [5.74, 6) is 1.04. The van der Waals surface area contributed by atoms with Gasteiger partial charge in [-0.05, 0) is 47.4 Å². The topological polar surface area (TPSA) is 18.5 Å². The van der Waals surface area contributed by atoms with E-state index < -0.39 is 0 Å². The lowest BCUT2D eigenvalue weighted by Gasteiger charge is -2.15. The fourth-order valence-electron chi connectivity index (χ4n) is 2.06. The van der Waals surface area contributed by atoms with Gasteiger partial charge in [0.05, 0.1) is 7.11 Å². The molecular formula is C17H18BrFO2. The standard InChI is InChI=1S/C17H18BrFO2/c1-11(2)14-9-13(18)5-7-16(14)21-10-12-4-6-17(20-3)15(19)8-12/h4-9,11H,10H2,1-3H3. The van der Waals surface area contributed by atoms with Crippen LogP contribution in [0.3, 0.4) is 0 Å². The summed E-state index contributed by atoms with van der Waals surface area (Å²) in [6.45, 7) is 4.55. The van der Waals surface area contributed by atoms with Crippen molar-refractivity contribution >= 4 is 15.9 Å². The Bertz CT molecular complexity index is 626. The fourth-order valence-corrected chi connectivity index (χ4v) is 2.44. The van der Waals surface area contributed by atoms with Crippen LogP contribution in [0, 0.1) is 5.82 Å². The smallest absolute Gasteiger partial charge is 0.165 e. The molecule has 2 aromatic rings. The molecule has 0 amide bonds. The first-order chi connectivity index (χ1) is 10.0. The first-order valence-corrected chi connectivity index (χ1v) is 7.55. The average molecular weight is 353 g/mol. The molecule has 0 unspecified atom stereocenters. The molecule has 0 spiro atoms. The Hall–Kier alpha value is -1.55. The first kappa shape index (κ1) is 15.8. The van der Waals surface area contributed by atoms with Gasteiger partial charge in [0.2, 0.25) is 0 Å². The number of methoxy groups -OCH3 is 1. The van der Waals surface area contributed by atoms with Gasteiger partial charge in [0.1, 0.15) is 12.4 Å². The van der Waals surface area contributed by atoms with E-state index in [0.717, 1.165) is 21.3 Å². The van der Waals surface area contributed by atoms with Gasteiger partial charge in [-0.15, -0.1) is 0 Å². The minimum absolute atomic E-state index is 0.241. The zero-order valence-corrected chi connectivity index (χ0v) is 13.9. The molecule has 21 heavy (non-hydrogen) atoms. The highest BCUT2D eigenvalue weighted by molar-refractivity contribution is 9.10. The number of ether oxygens (including phenoxy) is 2. The largest absolute Gasteiger partial charge is 0.494 e. The van der Waals surface area contributed by atoms with Crippen molar-refractivity contribution in [2.45, 2.75) is 26.4 Å². The van der Waals surface area contributed by atoms with Gasteiger partial charge in [-0.3, -0.25) is 0 Å². The molecule has 112 valence electrons. The summed E-state index contributed by atoms with van der Waals surface area (Å²) in [6, 6.07) is 10.8. The fraction of sp³-hybridized carbons (Fsp3) is 0.294. The van der Waals surface area contributed by atoms with E-state index >= 15 is 0 Å². The second-order valence-corrected chi connectivity index (χ2v) is 6.01. The van der Waals surface area contributed by atoms with Crippen LogP contribution in [0.15, 0.2) is 40.9 Å². The number of hydrogen-bond acceptors (Lipinski definition) is 2. The molecule has 0 aliphatic heterocycles. The molecule has 0 saturated carbocycles. The van der Waals surface area contributed by atoms with E-state index in [2.05, 4.69) is 35.8 Å². The molecular weight excluding hydrogens is 335 g/mol. The molecule has 0 saturated heterocycles. The SMILES string of the molecule is COc1ccc(COc2ccc(Br)cc2C(C)C)cc1F. The highest BCUT2D eigenvalue weighted by Gasteiger charge is 2.10. The minimum atomic E-state index is -0.376. The van der Waals surface area contributed by atoms with Crippen LogP contribution in [0.25, 0.3) is 0 Å². The third-order valence-corrected chi connectivity index (χ3v) is 3.70. The van der Waals surface area contributed by atoms with Gasteiger partial charge in [-0.1, -0.05) is 35.8 Å². The van der Waals surface area contributed by atoms with Crippen LogP contribution in [0.4, 0.5) is 4.39 Å². The highest BCUT2D eigenvalue weighted by Crippen LogP contribution is 2.30. The van der Waals surface area contributed by atoms with E-state index in [-0.39, 0.29) is 11.6 Å². The van der Waals surface area contributed by atoms with Gasteiger partial charge < -0.3 is 9.47 Å². The third-order valence-electron chi connectivity index (χ3n) is 3.20. The molecule has 2 aromatic carbocycles. The Morgan fingerprint density at radius 2 is 1.81 bits per heavy atom. The van der Waals surface area contributed by atoms with Crippen molar-refractivity contribution in [3.05, 3.63) is 57.8 Å². The molecule has 2 nitrogen and oxygen atoms in total. The maximum Gasteiger partial charge on any atom is 0.165 e. The van der Waals surface area contributed by atoms with Crippen LogP contribution in [-0.2, 0) is 6.61 Å². The lowest BCUT2D eigenvalue weighted by atomic mass is 10.0. The zero-order chi connectivity index (χ0) is 15.4. The Labute approximate surface area is 133 Å². The molecule has 0 radical (unpaired) electrons. The van der Waals surface area contributed by atoms with Crippen molar-refractivity contribution < 1.29 is 13.9 Å². The van der Waals surface area contributed by atoms with Gasteiger partial charge in [0.15, 0.2) is 11.6 Å². The quantitative estimate of drug-likeness (QED) is 0.726. The summed E-state index contributed by atoms with van der Waals surface area (Å²) in [5.41, 5.74) is 1.89. The third kappa shape index (κ3) is 3.97. The maximum absolute atomic E-state index is 13.6. The van der Waals surface area contributed by atoms with Crippen LogP contribution >= 0.6 is 15.9 Å². The molecule has 0 fully saturated rings. The molecule has 0 heterocycles. The highest BCUT2D eigenvalue weighted by atomic mass is 79.9. The van der Waals surface area contributed by atoms with Gasteiger partial charge in [-0.2, -0.15) is 0 Å². The number of benzene rings is 2. The van der Waals surface area contributed by atoms with E-state index in [9.17, 15) is 4.39 Å². The van der Waals surface area contributed by atoms with Crippen molar-refractivity contribution in [1.29, 1.82) is 0 Å². The summed E-state index contributed by atoms with van der Waals surface area (Å²) in [4.78, 5) is 0. The van der Waals surface area contributed by atoms with Crippen molar-refractivity contribution in [2.75, 3.05) is 7.11 Å². The lowest BCUT2D eigenvalue weighted by Crippen LogP contribution is -2.01. The molecule has 0 aliphatic carbocycles. The van der Waals surface area contributed by atoms with Gasteiger partial charge >= 0.3 is 0 Å². The predicted molar refractivity (Wildman–Crippen MR) is 85.5 cm³/mol. The second kappa shape index (κ2) is 6.94. The van der Waals surface area contributed by atoms with Crippen LogP contribution < -0.4 is 9.47 Å². The van der Waals surface area contributed by atoms with Gasteiger partial charge in [0.25, 0.3) is 0 Å². The monoisotopic (exact) mass is 352 g/mol. The Morgan fingerprint density at radius 3 is 2.43 bits per heavy atom. The zero-order valence-electron chi connectivity index (χ0n) is 12.3. The van der Waals surface area contributed by atoms with Crippen LogP contribution in [-0.4, -0.2) is 7.11 Å². The van der Waals surface area contributed by atoms with Crippen LogP contribution in [0.2, 0.25) is 0 Å². The molecule has 0 aliphatic rings. The van der Waals surface area contributed by atoms with E-state index in [1.807, 2.05) is 12.1 Å². The second-order valence-electron chi connectivity index (χ2n) is 5.09. The molecule has 0 bridgehead atoms. The van der Waals surface area contributed by atoms with Crippen molar-refractivity contribution in [2.24, 2.45) is 0 Å². The molecule has 4 heteroatoms. The molecule has 0 aromatic heterocycles. The Morgan fingerprint density at radius 1 is 1.10 bits per heavy atom. The average Bonchev–Trinajstić information content (AvgIpc) is 2.46. The lowest BCUT2D eigenvalue weighted by molar-refractivity contribution is 0.300. The van der Waals surface area contributed by atoms with E-state index in [1.54, 1.807) is 12.1 Å². The van der Waals surface area contributed by atoms with Gasteiger partial charge in [0, 0.05) is 4.47 Å². The molecule has 0 atom stereocenters. The Kier molecular flexibility index (Phi) is 5.23. The number of hydrogen-bond donors (Lipinski definition) is 0. The number of rotatable bonds is 5. The number of halogens is 2. The summed E-state index contributed by atoms with van der Waals surface area (Å²) >= 11 is 3.47. The minimum Gasteiger partial charge on any atom is -0.494 e. The normalized spacial score (nSPS) is 10.8. The van der Waals surface area contributed by atoms with E-state index in [1.165, 1.54) is 13.2 Å². The predicted octanol–water partition coefficient (Wildman–Crippen LogP) is 5.30. The summed E-state index contributed by atoms with van der Waals surface area (Å²) in [6.07, 6.45) is 0.